The lowest BCUT2D eigenvalue weighted by atomic mass is 10.0. The zero-order valence-corrected chi connectivity index (χ0v) is 18.3. The second kappa shape index (κ2) is 9.11. The van der Waals surface area contributed by atoms with Crippen molar-refractivity contribution in [3.8, 4) is 0 Å². The van der Waals surface area contributed by atoms with Gasteiger partial charge in [0.25, 0.3) is 5.91 Å². The van der Waals surface area contributed by atoms with Gasteiger partial charge < -0.3 is 13.7 Å². The van der Waals surface area contributed by atoms with Gasteiger partial charge in [0.05, 0.1) is 30.5 Å². The van der Waals surface area contributed by atoms with E-state index in [9.17, 15) is 13.2 Å². The molecule has 164 valence electrons. The van der Waals surface area contributed by atoms with Crippen molar-refractivity contribution >= 4 is 15.9 Å². The molecular formula is C23H26N2O5S. The molecule has 1 fully saturated rings. The summed E-state index contributed by atoms with van der Waals surface area (Å²) in [6.07, 6.45) is 4.85. The average Bonchev–Trinajstić information content (AvgIpc) is 3.48. The molecule has 0 bridgehead atoms. The van der Waals surface area contributed by atoms with E-state index in [4.69, 9.17) is 8.83 Å². The third-order valence-corrected chi connectivity index (χ3v) is 7.54. The highest BCUT2D eigenvalue weighted by atomic mass is 32.2. The first-order valence-corrected chi connectivity index (χ1v) is 11.8. The topological polar surface area (TPSA) is 84.0 Å². The summed E-state index contributed by atoms with van der Waals surface area (Å²) < 4.78 is 38.2. The van der Waals surface area contributed by atoms with Crippen LogP contribution in [0, 0.1) is 5.92 Å². The molecule has 8 heteroatoms. The number of sulfonamides is 1. The average molecular weight is 443 g/mol. The maximum absolute atomic E-state index is 13.2. The van der Waals surface area contributed by atoms with Crippen LogP contribution in [-0.2, 0) is 23.1 Å². The minimum atomic E-state index is -3.55. The summed E-state index contributed by atoms with van der Waals surface area (Å²) in [4.78, 5) is 15.0. The zero-order chi connectivity index (χ0) is 21.8. The molecule has 1 amide bonds. The van der Waals surface area contributed by atoms with Gasteiger partial charge in [0.2, 0.25) is 10.0 Å². The van der Waals surface area contributed by atoms with E-state index in [2.05, 4.69) is 6.92 Å². The van der Waals surface area contributed by atoms with E-state index in [1.54, 1.807) is 53.8 Å². The molecule has 0 aliphatic carbocycles. The molecule has 1 aromatic carbocycles. The highest BCUT2D eigenvalue weighted by molar-refractivity contribution is 7.89. The fourth-order valence-electron chi connectivity index (χ4n) is 3.71. The van der Waals surface area contributed by atoms with Gasteiger partial charge in [-0.3, -0.25) is 4.79 Å². The largest absolute Gasteiger partial charge is 0.467 e. The van der Waals surface area contributed by atoms with Crippen molar-refractivity contribution in [1.82, 2.24) is 9.21 Å². The number of benzene rings is 1. The molecule has 31 heavy (non-hydrogen) atoms. The van der Waals surface area contributed by atoms with E-state index in [1.807, 2.05) is 0 Å². The summed E-state index contributed by atoms with van der Waals surface area (Å²) in [7, 11) is -3.55. The number of nitrogens with zero attached hydrogens (tertiary/aromatic N) is 2. The number of carbonyl (C=O) groups excluding carboxylic acids is 1. The van der Waals surface area contributed by atoms with Crippen molar-refractivity contribution in [2.75, 3.05) is 13.1 Å². The first kappa shape index (κ1) is 21.4. The van der Waals surface area contributed by atoms with Crippen molar-refractivity contribution in [2.45, 2.75) is 37.8 Å². The Labute approximate surface area is 182 Å². The molecule has 0 radical (unpaired) electrons. The Morgan fingerprint density at radius 3 is 2.00 bits per heavy atom. The summed E-state index contributed by atoms with van der Waals surface area (Å²) in [5.41, 5.74) is 0.407. The van der Waals surface area contributed by atoms with Crippen molar-refractivity contribution in [1.29, 1.82) is 0 Å². The second-order valence-corrected chi connectivity index (χ2v) is 9.87. The quantitative estimate of drug-likeness (QED) is 0.549. The van der Waals surface area contributed by atoms with Gasteiger partial charge in [-0.05, 0) is 67.3 Å². The number of hydrogen-bond acceptors (Lipinski definition) is 5. The maximum Gasteiger partial charge on any atom is 0.254 e. The van der Waals surface area contributed by atoms with Gasteiger partial charge in [-0.25, -0.2) is 8.42 Å². The lowest BCUT2D eigenvalue weighted by molar-refractivity contribution is 0.0704. The van der Waals surface area contributed by atoms with Crippen LogP contribution in [0.2, 0.25) is 0 Å². The van der Waals surface area contributed by atoms with Crippen molar-refractivity contribution in [3.05, 3.63) is 78.1 Å². The third-order valence-electron chi connectivity index (χ3n) is 5.62. The van der Waals surface area contributed by atoms with E-state index >= 15 is 0 Å². The van der Waals surface area contributed by atoms with Crippen LogP contribution in [0.1, 0.15) is 41.6 Å². The van der Waals surface area contributed by atoms with E-state index in [-0.39, 0.29) is 23.9 Å². The fourth-order valence-corrected chi connectivity index (χ4v) is 5.18. The van der Waals surface area contributed by atoms with Crippen LogP contribution >= 0.6 is 0 Å². The standard InChI is InChI=1S/C23H26N2O5S/c1-18-10-12-25(13-11-18)31(27,28)22-8-6-19(7-9-22)23(26)24(16-20-4-2-14-29-20)17-21-5-3-15-30-21/h2-9,14-15,18H,10-13,16-17H2,1H3. The van der Waals surface area contributed by atoms with Gasteiger partial charge in [-0.1, -0.05) is 6.92 Å². The van der Waals surface area contributed by atoms with Gasteiger partial charge in [-0.2, -0.15) is 4.31 Å². The highest BCUT2D eigenvalue weighted by Gasteiger charge is 2.28. The minimum Gasteiger partial charge on any atom is -0.467 e. The smallest absolute Gasteiger partial charge is 0.254 e. The zero-order valence-electron chi connectivity index (χ0n) is 17.4. The molecule has 1 aliphatic rings. The Morgan fingerprint density at radius 1 is 0.968 bits per heavy atom. The van der Waals surface area contributed by atoms with Crippen LogP contribution in [-0.4, -0.2) is 36.6 Å². The van der Waals surface area contributed by atoms with Gasteiger partial charge >= 0.3 is 0 Å². The Kier molecular flexibility index (Phi) is 6.29. The molecule has 1 aliphatic heterocycles. The molecule has 0 unspecified atom stereocenters. The molecule has 3 aromatic rings. The maximum atomic E-state index is 13.2. The molecule has 1 saturated heterocycles. The monoisotopic (exact) mass is 442 g/mol. The Hall–Kier alpha value is -2.84. The van der Waals surface area contributed by atoms with Crippen molar-refractivity contribution in [3.63, 3.8) is 0 Å². The van der Waals surface area contributed by atoms with Crippen LogP contribution in [0.25, 0.3) is 0 Å². The Morgan fingerprint density at radius 2 is 1.52 bits per heavy atom. The van der Waals surface area contributed by atoms with Crippen LogP contribution in [0.15, 0.2) is 74.8 Å². The number of hydrogen-bond donors (Lipinski definition) is 0. The predicted molar refractivity (Wildman–Crippen MR) is 115 cm³/mol. The summed E-state index contributed by atoms with van der Waals surface area (Å²) in [5, 5.41) is 0. The lowest BCUT2D eigenvalue weighted by Crippen LogP contribution is -2.37. The number of furan rings is 2. The number of carbonyl (C=O) groups is 1. The first-order chi connectivity index (χ1) is 14.9. The molecule has 2 aromatic heterocycles. The molecule has 0 N–H and O–H groups in total. The summed E-state index contributed by atoms with van der Waals surface area (Å²) in [6, 6.07) is 13.3. The van der Waals surface area contributed by atoms with Gasteiger partial charge in [0, 0.05) is 18.7 Å². The SMILES string of the molecule is CC1CCN(S(=O)(=O)c2ccc(C(=O)N(Cc3ccco3)Cc3ccco3)cc2)CC1. The van der Waals surface area contributed by atoms with Crippen molar-refractivity contribution in [2.24, 2.45) is 5.92 Å². The van der Waals surface area contributed by atoms with Crippen LogP contribution < -0.4 is 0 Å². The Bertz CT molecular complexity index is 1050. The third kappa shape index (κ3) is 4.91. The van der Waals surface area contributed by atoms with Crippen LogP contribution in [0.3, 0.4) is 0 Å². The second-order valence-electron chi connectivity index (χ2n) is 7.93. The van der Waals surface area contributed by atoms with E-state index < -0.39 is 10.0 Å². The van der Waals surface area contributed by atoms with E-state index in [1.165, 1.54) is 16.4 Å². The molecule has 0 atom stereocenters. The highest BCUT2D eigenvalue weighted by Crippen LogP contribution is 2.24. The minimum absolute atomic E-state index is 0.210. The summed E-state index contributed by atoms with van der Waals surface area (Å²) in [6.45, 7) is 3.76. The number of piperidine rings is 1. The molecule has 0 spiro atoms. The summed E-state index contributed by atoms with van der Waals surface area (Å²) in [5.74, 6) is 1.61. The van der Waals surface area contributed by atoms with Gasteiger partial charge in [0.1, 0.15) is 11.5 Å². The molecule has 4 rings (SSSR count). The first-order valence-electron chi connectivity index (χ1n) is 10.4. The van der Waals surface area contributed by atoms with Gasteiger partial charge in [0.15, 0.2) is 0 Å². The van der Waals surface area contributed by atoms with Crippen LogP contribution in [0.5, 0.6) is 0 Å². The van der Waals surface area contributed by atoms with Gasteiger partial charge in [-0.15, -0.1) is 0 Å². The predicted octanol–water partition coefficient (Wildman–Crippen LogP) is 4.14. The van der Waals surface area contributed by atoms with Crippen LogP contribution in [0.4, 0.5) is 0 Å². The van der Waals surface area contributed by atoms with E-state index in [0.717, 1.165) is 12.8 Å². The molecular weight excluding hydrogens is 416 g/mol. The number of amides is 1. The van der Waals surface area contributed by atoms with E-state index in [0.29, 0.717) is 36.1 Å². The molecule has 7 nitrogen and oxygen atoms in total. The lowest BCUT2D eigenvalue weighted by Gasteiger charge is -2.29. The number of rotatable bonds is 7. The Balaban J connectivity index is 1.52. The normalized spacial score (nSPS) is 15.8. The molecule has 0 saturated carbocycles. The van der Waals surface area contributed by atoms with Crippen molar-refractivity contribution < 1.29 is 22.0 Å². The fraction of sp³-hybridized carbons (Fsp3) is 0.348. The molecule has 3 heterocycles. The summed E-state index contributed by atoms with van der Waals surface area (Å²) >= 11 is 0.